The highest BCUT2D eigenvalue weighted by Crippen LogP contribution is 2.14. The van der Waals surface area contributed by atoms with Crippen molar-refractivity contribution in [3.63, 3.8) is 0 Å². The highest BCUT2D eigenvalue weighted by atomic mass is 28.1. The van der Waals surface area contributed by atoms with Gasteiger partial charge in [-0.15, -0.1) is 6.58 Å². The first-order valence-corrected chi connectivity index (χ1v) is 5.90. The van der Waals surface area contributed by atoms with Crippen LogP contribution in [0, 0.1) is 0 Å². The van der Waals surface area contributed by atoms with Crippen molar-refractivity contribution >= 4 is 10.2 Å². The Kier molecular flexibility index (Phi) is 3.80. The Morgan fingerprint density at radius 3 is 3.00 bits per heavy atom. The average Bonchev–Trinajstić information content (AvgIpc) is 2.59. The van der Waals surface area contributed by atoms with Gasteiger partial charge < -0.3 is 4.57 Å². The molecule has 0 radical (unpaired) electrons. The van der Waals surface area contributed by atoms with Crippen molar-refractivity contribution < 1.29 is 0 Å². The molecule has 0 aromatic carbocycles. The molecule has 3 heteroatoms. The molecule has 2 nitrogen and oxygen atoms in total. The smallest absolute Gasteiger partial charge is 0.0951 e. The van der Waals surface area contributed by atoms with E-state index in [2.05, 4.69) is 16.1 Å². The molecule has 66 valence electrons. The van der Waals surface area contributed by atoms with Gasteiger partial charge in [0.15, 0.2) is 0 Å². The Balaban J connectivity index is 2.51. The molecule has 0 amide bonds. The molecule has 0 spiro atoms. The first kappa shape index (κ1) is 9.26. The summed E-state index contributed by atoms with van der Waals surface area (Å²) in [6.07, 6.45) is 10.2. The quantitative estimate of drug-likeness (QED) is 0.491. The monoisotopic (exact) mass is 180 g/mol. The standard InChI is InChI=1S/C9H16N2Si/c1-2-9(4-3-7-12)11-6-5-10-8-11/h2,5-6,8-9H,1,3-4,7H2,12H3. The van der Waals surface area contributed by atoms with Gasteiger partial charge >= 0.3 is 0 Å². The molecule has 0 bridgehead atoms. The van der Waals surface area contributed by atoms with Gasteiger partial charge in [0.25, 0.3) is 0 Å². The molecule has 1 heterocycles. The van der Waals surface area contributed by atoms with Crippen LogP contribution < -0.4 is 0 Å². The Morgan fingerprint density at radius 1 is 1.67 bits per heavy atom. The topological polar surface area (TPSA) is 17.8 Å². The van der Waals surface area contributed by atoms with Gasteiger partial charge in [-0.2, -0.15) is 0 Å². The first-order chi connectivity index (χ1) is 5.88. The third kappa shape index (κ3) is 2.34. The van der Waals surface area contributed by atoms with Crippen molar-refractivity contribution in [3.05, 3.63) is 31.4 Å². The molecule has 0 aliphatic carbocycles. The molecule has 0 aliphatic heterocycles. The van der Waals surface area contributed by atoms with Crippen LogP contribution in [0.5, 0.6) is 0 Å². The minimum absolute atomic E-state index is 0.446. The first-order valence-electron chi connectivity index (χ1n) is 4.48. The van der Waals surface area contributed by atoms with Gasteiger partial charge in [-0.1, -0.05) is 18.5 Å². The zero-order valence-electron chi connectivity index (χ0n) is 7.61. The van der Waals surface area contributed by atoms with Gasteiger partial charge in [0.1, 0.15) is 0 Å². The van der Waals surface area contributed by atoms with E-state index in [1.54, 1.807) is 0 Å². The van der Waals surface area contributed by atoms with E-state index in [-0.39, 0.29) is 0 Å². The average molecular weight is 180 g/mol. The van der Waals surface area contributed by atoms with E-state index in [1.807, 2.05) is 24.8 Å². The Morgan fingerprint density at radius 2 is 2.50 bits per heavy atom. The number of imidazole rings is 1. The van der Waals surface area contributed by atoms with Gasteiger partial charge in [0, 0.05) is 22.6 Å². The van der Waals surface area contributed by atoms with Gasteiger partial charge in [0.05, 0.1) is 12.4 Å². The van der Waals surface area contributed by atoms with Crippen molar-refractivity contribution in [2.24, 2.45) is 0 Å². The number of hydrogen-bond donors (Lipinski definition) is 0. The van der Waals surface area contributed by atoms with E-state index in [0.717, 1.165) is 0 Å². The van der Waals surface area contributed by atoms with Crippen LogP contribution in [-0.2, 0) is 0 Å². The van der Waals surface area contributed by atoms with Crippen molar-refractivity contribution in [3.8, 4) is 0 Å². The second-order valence-corrected chi connectivity index (χ2v) is 3.96. The van der Waals surface area contributed by atoms with Gasteiger partial charge in [-0.25, -0.2) is 4.98 Å². The zero-order valence-corrected chi connectivity index (χ0v) is 9.61. The van der Waals surface area contributed by atoms with E-state index in [9.17, 15) is 0 Å². The van der Waals surface area contributed by atoms with Crippen LogP contribution >= 0.6 is 0 Å². The van der Waals surface area contributed by atoms with E-state index >= 15 is 0 Å². The molecule has 1 aromatic heterocycles. The molecule has 12 heavy (non-hydrogen) atoms. The SMILES string of the molecule is C=CC(CCC[SiH3])n1ccnc1. The van der Waals surface area contributed by atoms with Gasteiger partial charge in [-0.05, 0) is 6.42 Å². The van der Waals surface area contributed by atoms with Gasteiger partial charge in [-0.3, -0.25) is 0 Å². The molecular formula is C9H16N2Si. The van der Waals surface area contributed by atoms with Crippen LogP contribution in [0.4, 0.5) is 0 Å². The maximum Gasteiger partial charge on any atom is 0.0951 e. The van der Waals surface area contributed by atoms with Crippen LogP contribution in [0.25, 0.3) is 0 Å². The summed E-state index contributed by atoms with van der Waals surface area (Å²) in [5.74, 6) is 0. The molecule has 1 rings (SSSR count). The lowest BCUT2D eigenvalue weighted by Crippen LogP contribution is -2.03. The van der Waals surface area contributed by atoms with Crippen molar-refractivity contribution in [1.29, 1.82) is 0 Å². The molecule has 0 saturated heterocycles. The Labute approximate surface area is 76.7 Å². The summed E-state index contributed by atoms with van der Waals surface area (Å²) < 4.78 is 2.12. The van der Waals surface area contributed by atoms with Gasteiger partial charge in [0.2, 0.25) is 0 Å². The second kappa shape index (κ2) is 4.93. The summed E-state index contributed by atoms with van der Waals surface area (Å²) in [7, 11) is 1.31. The number of nitrogens with zero attached hydrogens (tertiary/aromatic N) is 2. The highest BCUT2D eigenvalue weighted by Gasteiger charge is 2.03. The maximum atomic E-state index is 4.02. The predicted octanol–water partition coefficient (Wildman–Crippen LogP) is 1.17. The number of rotatable bonds is 5. The predicted molar refractivity (Wildman–Crippen MR) is 55.4 cm³/mol. The fourth-order valence-electron chi connectivity index (χ4n) is 1.27. The lowest BCUT2D eigenvalue weighted by molar-refractivity contribution is 0.550. The molecular weight excluding hydrogens is 164 g/mol. The normalized spacial score (nSPS) is 13.0. The molecule has 1 aromatic rings. The van der Waals surface area contributed by atoms with Crippen LogP contribution in [0.15, 0.2) is 31.4 Å². The molecule has 0 fully saturated rings. The Bertz CT molecular complexity index is 218. The summed E-state index contributed by atoms with van der Waals surface area (Å²) >= 11 is 0. The Hall–Kier alpha value is -0.833. The molecule has 1 unspecified atom stereocenters. The largest absolute Gasteiger partial charge is 0.331 e. The van der Waals surface area contributed by atoms with E-state index in [4.69, 9.17) is 0 Å². The molecule has 0 N–H and O–H groups in total. The lowest BCUT2D eigenvalue weighted by Gasteiger charge is -2.12. The summed E-state index contributed by atoms with van der Waals surface area (Å²) in [4.78, 5) is 4.02. The molecule has 0 aliphatic rings. The summed E-state index contributed by atoms with van der Waals surface area (Å²) in [6.45, 7) is 3.83. The second-order valence-electron chi connectivity index (χ2n) is 2.96. The lowest BCUT2D eigenvalue weighted by atomic mass is 10.1. The van der Waals surface area contributed by atoms with E-state index in [0.29, 0.717) is 6.04 Å². The fraction of sp³-hybridized carbons (Fsp3) is 0.444. The number of aromatic nitrogens is 2. The zero-order chi connectivity index (χ0) is 8.81. The van der Waals surface area contributed by atoms with E-state index in [1.165, 1.54) is 29.1 Å². The van der Waals surface area contributed by atoms with Crippen LogP contribution in [0.2, 0.25) is 6.04 Å². The summed E-state index contributed by atoms with van der Waals surface area (Å²) in [5, 5.41) is 0. The molecule has 0 saturated carbocycles. The summed E-state index contributed by atoms with van der Waals surface area (Å²) in [6, 6.07) is 1.82. The van der Waals surface area contributed by atoms with Crippen molar-refractivity contribution in [2.75, 3.05) is 0 Å². The van der Waals surface area contributed by atoms with Crippen LogP contribution in [0.1, 0.15) is 18.9 Å². The maximum absolute atomic E-state index is 4.02. The summed E-state index contributed by atoms with van der Waals surface area (Å²) in [5.41, 5.74) is 0. The minimum atomic E-state index is 0.446. The van der Waals surface area contributed by atoms with E-state index < -0.39 is 0 Å². The third-order valence-corrected chi connectivity index (χ3v) is 2.74. The third-order valence-electron chi connectivity index (χ3n) is 2.03. The van der Waals surface area contributed by atoms with Crippen LogP contribution in [-0.4, -0.2) is 19.8 Å². The van der Waals surface area contributed by atoms with Crippen molar-refractivity contribution in [1.82, 2.24) is 9.55 Å². The molecule has 1 atom stereocenters. The number of allylic oxidation sites excluding steroid dienone is 1. The highest BCUT2D eigenvalue weighted by molar-refractivity contribution is 6.08. The van der Waals surface area contributed by atoms with Crippen LogP contribution in [0.3, 0.4) is 0 Å². The van der Waals surface area contributed by atoms with Crippen molar-refractivity contribution in [2.45, 2.75) is 24.9 Å². The fourth-order valence-corrected chi connectivity index (χ4v) is 1.68. The number of hydrogen-bond acceptors (Lipinski definition) is 1. The minimum Gasteiger partial charge on any atom is -0.331 e.